The third-order valence-electron chi connectivity index (χ3n) is 4.41. The number of anilines is 1. The Morgan fingerprint density at radius 2 is 1.55 bits per heavy atom. The van der Waals surface area contributed by atoms with E-state index in [2.05, 4.69) is 10.6 Å². The molecule has 0 spiro atoms. The maximum atomic E-state index is 12.6. The van der Waals surface area contributed by atoms with Crippen molar-refractivity contribution in [3.8, 4) is 0 Å². The number of carboxylic acid groups (broad SMARTS) is 2. The number of nitrogens with one attached hydrogen (secondary N) is 2. The molecule has 31 heavy (non-hydrogen) atoms. The topological polar surface area (TPSA) is 136 Å². The molecule has 0 heterocycles. The highest BCUT2D eigenvalue weighted by atomic mass is 35.5. The molecule has 0 aliphatic heterocycles. The molecule has 11 heteroatoms. The van der Waals surface area contributed by atoms with Crippen LogP contribution in [-0.2, 0) is 25.6 Å². The van der Waals surface area contributed by atoms with Gasteiger partial charge in [0, 0.05) is 50.3 Å². The summed E-state index contributed by atoms with van der Waals surface area (Å²) in [6, 6.07) is 4.91. The van der Waals surface area contributed by atoms with Crippen molar-refractivity contribution in [2.45, 2.75) is 38.3 Å². The number of carbonyl (C=O) groups is 4. The first-order valence-electron chi connectivity index (χ1n) is 9.65. The number of alkyl halides is 2. The molecular weight excluding hydrogens is 449 g/mol. The minimum atomic E-state index is -1.37. The van der Waals surface area contributed by atoms with E-state index in [1.54, 1.807) is 12.1 Å². The summed E-state index contributed by atoms with van der Waals surface area (Å²) in [4.78, 5) is 48.2. The van der Waals surface area contributed by atoms with E-state index in [1.165, 1.54) is 6.92 Å². The first kappa shape index (κ1) is 26.5. The highest BCUT2D eigenvalue weighted by Gasteiger charge is 2.26. The second-order valence-corrected chi connectivity index (χ2v) is 7.58. The normalized spacial score (nSPS) is 12.5. The highest BCUT2D eigenvalue weighted by molar-refractivity contribution is 6.18. The summed E-state index contributed by atoms with van der Waals surface area (Å²) in [6.07, 6.45) is -0.554. The Bertz CT molecular complexity index is 754. The van der Waals surface area contributed by atoms with Crippen molar-refractivity contribution in [1.82, 2.24) is 10.6 Å². The number of carboxylic acids is 2. The molecule has 4 N–H and O–H groups in total. The lowest BCUT2D eigenvalue weighted by molar-refractivity contribution is -0.143. The van der Waals surface area contributed by atoms with Crippen LogP contribution in [0.3, 0.4) is 0 Å². The van der Waals surface area contributed by atoms with E-state index in [4.69, 9.17) is 28.3 Å². The van der Waals surface area contributed by atoms with Gasteiger partial charge in [-0.1, -0.05) is 12.1 Å². The van der Waals surface area contributed by atoms with Crippen LogP contribution < -0.4 is 15.5 Å². The van der Waals surface area contributed by atoms with E-state index in [9.17, 15) is 24.3 Å². The Kier molecular flexibility index (Phi) is 11.7. The number of nitrogens with zero attached hydrogens (tertiary/aromatic N) is 1. The third kappa shape index (κ3) is 9.89. The monoisotopic (exact) mass is 475 g/mol. The number of halogens is 2. The second-order valence-electron chi connectivity index (χ2n) is 6.82. The molecule has 0 bridgehead atoms. The highest BCUT2D eigenvalue weighted by Crippen LogP contribution is 2.17. The van der Waals surface area contributed by atoms with E-state index in [1.807, 2.05) is 17.0 Å². The van der Waals surface area contributed by atoms with Crippen molar-refractivity contribution < 1.29 is 29.4 Å². The van der Waals surface area contributed by atoms with Crippen molar-refractivity contribution in [3.05, 3.63) is 29.8 Å². The van der Waals surface area contributed by atoms with E-state index >= 15 is 0 Å². The number of amides is 2. The Labute approximate surface area is 190 Å². The molecule has 1 aromatic carbocycles. The minimum Gasteiger partial charge on any atom is -0.481 e. The van der Waals surface area contributed by atoms with E-state index in [0.29, 0.717) is 24.8 Å². The first-order valence-corrected chi connectivity index (χ1v) is 10.7. The molecule has 0 fully saturated rings. The molecule has 0 radical (unpaired) electrons. The Balaban J connectivity index is 2.91. The van der Waals surface area contributed by atoms with Gasteiger partial charge in [0.05, 0.1) is 0 Å². The zero-order valence-corrected chi connectivity index (χ0v) is 18.7. The molecule has 9 nitrogen and oxygen atoms in total. The first-order chi connectivity index (χ1) is 14.7. The van der Waals surface area contributed by atoms with Crippen LogP contribution in [0.1, 0.15) is 25.3 Å². The predicted molar refractivity (Wildman–Crippen MR) is 118 cm³/mol. The Hall–Kier alpha value is -2.52. The van der Waals surface area contributed by atoms with Gasteiger partial charge in [0.15, 0.2) is 0 Å². The van der Waals surface area contributed by atoms with Crippen LogP contribution in [0.25, 0.3) is 0 Å². The maximum absolute atomic E-state index is 12.6. The summed E-state index contributed by atoms with van der Waals surface area (Å²) in [6.45, 7) is 2.49. The van der Waals surface area contributed by atoms with Crippen LogP contribution in [0.4, 0.5) is 5.69 Å². The Morgan fingerprint density at radius 3 is 2.00 bits per heavy atom. The number of hydrogen-bond donors (Lipinski definition) is 4. The standard InChI is InChI=1S/C20H27Cl2N3O6/c1-13(26)23-17(19(29)24-16(20(30)31)6-7-18(27)28)12-14-2-4-15(5-3-14)25(10-8-21)11-9-22/h2-5,16-17H,6-12H2,1H3,(H,23,26)(H,24,29)(H,27,28)(H,30,31). The van der Waals surface area contributed by atoms with Gasteiger partial charge in [-0.25, -0.2) is 4.79 Å². The van der Waals surface area contributed by atoms with Gasteiger partial charge in [-0.15, -0.1) is 23.2 Å². The fourth-order valence-corrected chi connectivity index (χ4v) is 3.31. The molecule has 0 aliphatic rings. The van der Waals surface area contributed by atoms with Crippen molar-refractivity contribution in [3.63, 3.8) is 0 Å². The molecule has 1 rings (SSSR count). The van der Waals surface area contributed by atoms with Crippen LogP contribution in [-0.4, -0.2) is 70.9 Å². The van der Waals surface area contributed by atoms with Crippen LogP contribution in [0.5, 0.6) is 0 Å². The summed E-state index contributed by atoms with van der Waals surface area (Å²) in [5, 5.41) is 22.8. The molecule has 0 saturated carbocycles. The van der Waals surface area contributed by atoms with E-state index in [-0.39, 0.29) is 12.8 Å². The van der Waals surface area contributed by atoms with E-state index < -0.39 is 42.3 Å². The number of aliphatic carboxylic acids is 2. The zero-order chi connectivity index (χ0) is 23.4. The van der Waals surface area contributed by atoms with Crippen LogP contribution in [0.2, 0.25) is 0 Å². The molecule has 2 amide bonds. The predicted octanol–water partition coefficient (Wildman–Crippen LogP) is 1.45. The largest absolute Gasteiger partial charge is 0.481 e. The number of hydrogen-bond acceptors (Lipinski definition) is 5. The SMILES string of the molecule is CC(=O)NC(Cc1ccc(N(CCCl)CCCl)cc1)C(=O)NC(CCC(=O)O)C(=O)O. The molecular formula is C20H27Cl2N3O6. The number of benzene rings is 1. The molecule has 0 saturated heterocycles. The maximum Gasteiger partial charge on any atom is 0.326 e. The van der Waals surface area contributed by atoms with Crippen LogP contribution in [0, 0.1) is 0 Å². The van der Waals surface area contributed by atoms with Gasteiger partial charge < -0.3 is 25.7 Å². The summed E-state index contributed by atoms with van der Waals surface area (Å²) in [5.74, 6) is -2.80. The minimum absolute atomic E-state index is 0.127. The fourth-order valence-electron chi connectivity index (χ4n) is 2.90. The lowest BCUT2D eigenvalue weighted by Crippen LogP contribution is -2.52. The van der Waals surface area contributed by atoms with Gasteiger partial charge in [-0.05, 0) is 24.1 Å². The fraction of sp³-hybridized carbons (Fsp3) is 0.500. The van der Waals surface area contributed by atoms with Gasteiger partial charge in [-0.3, -0.25) is 14.4 Å². The average Bonchev–Trinajstić information content (AvgIpc) is 2.70. The van der Waals surface area contributed by atoms with Crippen molar-refractivity contribution in [2.24, 2.45) is 0 Å². The van der Waals surface area contributed by atoms with Gasteiger partial charge >= 0.3 is 11.9 Å². The lowest BCUT2D eigenvalue weighted by Gasteiger charge is -2.24. The van der Waals surface area contributed by atoms with Gasteiger partial charge in [0.1, 0.15) is 12.1 Å². The number of rotatable bonds is 14. The summed E-state index contributed by atoms with van der Waals surface area (Å²) in [7, 11) is 0. The smallest absolute Gasteiger partial charge is 0.326 e. The summed E-state index contributed by atoms with van der Waals surface area (Å²) in [5.41, 5.74) is 1.65. The Morgan fingerprint density at radius 1 is 0.968 bits per heavy atom. The molecule has 0 aromatic heterocycles. The zero-order valence-electron chi connectivity index (χ0n) is 17.1. The van der Waals surface area contributed by atoms with Crippen molar-refractivity contribution in [1.29, 1.82) is 0 Å². The van der Waals surface area contributed by atoms with Crippen molar-refractivity contribution in [2.75, 3.05) is 29.7 Å². The van der Waals surface area contributed by atoms with Crippen LogP contribution in [0.15, 0.2) is 24.3 Å². The van der Waals surface area contributed by atoms with Crippen molar-refractivity contribution >= 4 is 52.6 Å². The summed E-state index contributed by atoms with van der Waals surface area (Å²) < 4.78 is 0. The number of carbonyl (C=O) groups excluding carboxylic acids is 2. The molecule has 172 valence electrons. The molecule has 2 atom stereocenters. The quantitative estimate of drug-likeness (QED) is 0.299. The summed E-state index contributed by atoms with van der Waals surface area (Å²) >= 11 is 11.7. The molecule has 0 aliphatic carbocycles. The second kappa shape index (κ2) is 13.7. The average molecular weight is 476 g/mol. The van der Waals surface area contributed by atoms with Gasteiger partial charge in [0.25, 0.3) is 0 Å². The van der Waals surface area contributed by atoms with E-state index in [0.717, 1.165) is 11.3 Å². The van der Waals surface area contributed by atoms with Crippen LogP contribution >= 0.6 is 23.2 Å². The third-order valence-corrected chi connectivity index (χ3v) is 4.74. The molecule has 1 aromatic rings. The molecule has 2 unspecified atom stereocenters. The van der Waals surface area contributed by atoms with Gasteiger partial charge in [-0.2, -0.15) is 0 Å². The lowest BCUT2D eigenvalue weighted by atomic mass is 10.0. The van der Waals surface area contributed by atoms with Gasteiger partial charge in [0.2, 0.25) is 11.8 Å².